The number of nitrogens with zero attached hydrogens (tertiary/aromatic N) is 1. The Morgan fingerprint density at radius 2 is 2.33 bits per heavy atom. The van der Waals surface area contributed by atoms with E-state index in [1.54, 1.807) is 24.2 Å². The Labute approximate surface area is 112 Å². The lowest BCUT2D eigenvalue weighted by Crippen LogP contribution is -2.32. The molecule has 1 amide bonds. The lowest BCUT2D eigenvalue weighted by molar-refractivity contribution is -0.118. The minimum atomic E-state index is 0.130. The molecule has 1 aliphatic heterocycles. The number of amides is 1. The van der Waals surface area contributed by atoms with E-state index in [1.165, 1.54) is 12.8 Å². The number of nitrogens with one attached hydrogen (secondary N) is 3. The summed E-state index contributed by atoms with van der Waals surface area (Å²) in [4.78, 5) is 18.8. The minimum Gasteiger partial charge on any atom is -0.355 e. The van der Waals surface area contributed by atoms with Gasteiger partial charge in [0.05, 0.1) is 5.75 Å². The zero-order valence-corrected chi connectivity index (χ0v) is 11.3. The van der Waals surface area contributed by atoms with Gasteiger partial charge in [-0.25, -0.2) is 4.98 Å². The van der Waals surface area contributed by atoms with Crippen LogP contribution in [0.25, 0.3) is 0 Å². The Kier molecular flexibility index (Phi) is 5.54. The number of carbonyl (C=O) groups excluding carboxylic acids is 1. The van der Waals surface area contributed by atoms with Crippen LogP contribution in [0.4, 0.5) is 0 Å². The molecule has 18 heavy (non-hydrogen) atoms. The zero-order valence-electron chi connectivity index (χ0n) is 10.4. The third-order valence-corrected chi connectivity index (χ3v) is 4.35. The van der Waals surface area contributed by atoms with Crippen molar-refractivity contribution < 1.29 is 4.79 Å². The SMILES string of the molecule is O=C(CSC1CCNCC1)NCCc1ncc[nH]1. The van der Waals surface area contributed by atoms with Crippen molar-refractivity contribution in [3.05, 3.63) is 18.2 Å². The number of aromatic nitrogens is 2. The van der Waals surface area contributed by atoms with Gasteiger partial charge in [0.25, 0.3) is 0 Å². The Bertz CT molecular complexity index is 349. The first-order valence-corrected chi connectivity index (χ1v) is 7.47. The first kappa shape index (κ1) is 13.4. The third kappa shape index (κ3) is 4.70. The van der Waals surface area contributed by atoms with E-state index in [4.69, 9.17) is 0 Å². The second-order valence-corrected chi connectivity index (χ2v) is 5.68. The molecule has 1 fully saturated rings. The average molecular weight is 268 g/mol. The molecule has 0 aromatic carbocycles. The van der Waals surface area contributed by atoms with Crippen molar-refractivity contribution in [3.8, 4) is 0 Å². The summed E-state index contributed by atoms with van der Waals surface area (Å²) in [6.07, 6.45) is 6.62. The van der Waals surface area contributed by atoms with Crippen LogP contribution < -0.4 is 10.6 Å². The molecule has 1 aromatic heterocycles. The fraction of sp³-hybridized carbons (Fsp3) is 0.667. The van der Waals surface area contributed by atoms with Crippen LogP contribution in [0.1, 0.15) is 18.7 Å². The second-order valence-electron chi connectivity index (χ2n) is 4.40. The van der Waals surface area contributed by atoms with E-state index in [-0.39, 0.29) is 5.91 Å². The quantitative estimate of drug-likeness (QED) is 0.705. The van der Waals surface area contributed by atoms with Gasteiger partial charge in [-0.15, -0.1) is 11.8 Å². The molecule has 0 saturated carbocycles. The van der Waals surface area contributed by atoms with Gasteiger partial charge in [0.1, 0.15) is 5.82 Å². The molecule has 0 radical (unpaired) electrons. The molecule has 6 heteroatoms. The van der Waals surface area contributed by atoms with E-state index in [2.05, 4.69) is 20.6 Å². The molecule has 0 spiro atoms. The summed E-state index contributed by atoms with van der Waals surface area (Å²) in [6.45, 7) is 2.81. The maximum absolute atomic E-state index is 11.6. The largest absolute Gasteiger partial charge is 0.355 e. The number of piperidine rings is 1. The number of rotatable bonds is 6. The van der Waals surface area contributed by atoms with E-state index in [0.29, 0.717) is 17.5 Å². The first-order chi connectivity index (χ1) is 8.84. The van der Waals surface area contributed by atoms with E-state index < -0.39 is 0 Å². The maximum atomic E-state index is 11.6. The fourth-order valence-electron chi connectivity index (χ4n) is 1.96. The summed E-state index contributed by atoms with van der Waals surface area (Å²) >= 11 is 1.78. The predicted molar refractivity (Wildman–Crippen MR) is 73.7 cm³/mol. The van der Waals surface area contributed by atoms with Gasteiger partial charge in [-0.05, 0) is 25.9 Å². The molecule has 1 aromatic rings. The van der Waals surface area contributed by atoms with Crippen molar-refractivity contribution in [2.45, 2.75) is 24.5 Å². The van der Waals surface area contributed by atoms with E-state index in [9.17, 15) is 4.79 Å². The summed E-state index contributed by atoms with van der Waals surface area (Å²) in [7, 11) is 0. The Balaban J connectivity index is 1.54. The van der Waals surface area contributed by atoms with Gasteiger partial charge in [0, 0.05) is 30.6 Å². The number of imidazole rings is 1. The number of aromatic amines is 1. The Hall–Kier alpha value is -1.01. The minimum absolute atomic E-state index is 0.130. The fourth-order valence-corrected chi connectivity index (χ4v) is 3.02. The second kappa shape index (κ2) is 7.43. The van der Waals surface area contributed by atoms with Gasteiger partial charge in [-0.3, -0.25) is 4.79 Å². The Morgan fingerprint density at radius 3 is 3.06 bits per heavy atom. The maximum Gasteiger partial charge on any atom is 0.230 e. The number of hydrogen-bond acceptors (Lipinski definition) is 4. The molecular formula is C12H20N4OS. The number of thioether (sulfide) groups is 1. The van der Waals surface area contributed by atoms with Crippen LogP contribution in [0.5, 0.6) is 0 Å². The van der Waals surface area contributed by atoms with Crippen LogP contribution in [-0.2, 0) is 11.2 Å². The highest BCUT2D eigenvalue weighted by Gasteiger charge is 2.14. The smallest absolute Gasteiger partial charge is 0.230 e. The third-order valence-electron chi connectivity index (χ3n) is 2.98. The number of carbonyl (C=O) groups is 1. The number of H-pyrrole nitrogens is 1. The molecule has 0 bridgehead atoms. The van der Waals surface area contributed by atoms with E-state index in [1.807, 2.05) is 0 Å². The number of hydrogen-bond donors (Lipinski definition) is 3. The van der Waals surface area contributed by atoms with E-state index in [0.717, 1.165) is 25.3 Å². The monoisotopic (exact) mass is 268 g/mol. The summed E-state index contributed by atoms with van der Waals surface area (Å²) in [5, 5.41) is 6.89. The van der Waals surface area contributed by atoms with Crippen LogP contribution in [0.3, 0.4) is 0 Å². The van der Waals surface area contributed by atoms with Crippen molar-refractivity contribution in [3.63, 3.8) is 0 Å². The van der Waals surface area contributed by atoms with Crippen molar-refractivity contribution in [2.24, 2.45) is 0 Å². The summed E-state index contributed by atoms with van der Waals surface area (Å²) in [6, 6.07) is 0. The van der Waals surface area contributed by atoms with Gasteiger partial charge in [-0.1, -0.05) is 0 Å². The van der Waals surface area contributed by atoms with Crippen LogP contribution >= 0.6 is 11.8 Å². The highest BCUT2D eigenvalue weighted by atomic mass is 32.2. The van der Waals surface area contributed by atoms with Crippen molar-refractivity contribution in [2.75, 3.05) is 25.4 Å². The molecule has 2 heterocycles. The van der Waals surface area contributed by atoms with Crippen LogP contribution in [0.2, 0.25) is 0 Å². The van der Waals surface area contributed by atoms with Gasteiger partial charge in [-0.2, -0.15) is 0 Å². The normalized spacial score (nSPS) is 16.7. The van der Waals surface area contributed by atoms with Crippen LogP contribution in [-0.4, -0.2) is 46.5 Å². The molecule has 100 valence electrons. The first-order valence-electron chi connectivity index (χ1n) is 6.42. The molecule has 0 atom stereocenters. The lowest BCUT2D eigenvalue weighted by atomic mass is 10.2. The van der Waals surface area contributed by atoms with Gasteiger partial charge >= 0.3 is 0 Å². The molecule has 5 nitrogen and oxygen atoms in total. The molecule has 1 saturated heterocycles. The molecule has 0 unspecified atom stereocenters. The summed E-state index contributed by atoms with van der Waals surface area (Å²) in [5.74, 6) is 1.62. The molecule has 0 aliphatic carbocycles. The molecule has 1 aliphatic rings. The predicted octanol–water partition coefficient (Wildman–Crippen LogP) is 0.554. The molecular weight excluding hydrogens is 248 g/mol. The van der Waals surface area contributed by atoms with Crippen LogP contribution in [0, 0.1) is 0 Å². The topological polar surface area (TPSA) is 69.8 Å². The van der Waals surface area contributed by atoms with Crippen molar-refractivity contribution in [1.82, 2.24) is 20.6 Å². The van der Waals surface area contributed by atoms with E-state index >= 15 is 0 Å². The lowest BCUT2D eigenvalue weighted by Gasteiger charge is -2.21. The average Bonchev–Trinajstić information content (AvgIpc) is 2.91. The molecule has 3 N–H and O–H groups in total. The zero-order chi connectivity index (χ0) is 12.6. The summed E-state index contributed by atoms with van der Waals surface area (Å²) in [5.41, 5.74) is 0. The van der Waals surface area contributed by atoms with Crippen molar-refractivity contribution in [1.29, 1.82) is 0 Å². The van der Waals surface area contributed by atoms with Gasteiger partial charge in [0.15, 0.2) is 0 Å². The Morgan fingerprint density at radius 1 is 1.50 bits per heavy atom. The van der Waals surface area contributed by atoms with Gasteiger partial charge < -0.3 is 15.6 Å². The van der Waals surface area contributed by atoms with Gasteiger partial charge in [0.2, 0.25) is 5.91 Å². The highest BCUT2D eigenvalue weighted by Crippen LogP contribution is 2.19. The molecule has 2 rings (SSSR count). The van der Waals surface area contributed by atoms with Crippen molar-refractivity contribution >= 4 is 17.7 Å². The van der Waals surface area contributed by atoms with Crippen LogP contribution in [0.15, 0.2) is 12.4 Å². The standard InChI is InChI=1S/C12H20N4OS/c17-12(9-18-10-1-4-13-5-2-10)16-6-3-11-14-7-8-15-11/h7-8,10,13H,1-6,9H2,(H,14,15)(H,16,17). The highest BCUT2D eigenvalue weighted by molar-refractivity contribution is 8.00. The summed E-state index contributed by atoms with van der Waals surface area (Å²) < 4.78 is 0.